The molecule has 9 nitrogen and oxygen atoms in total. The number of hydrogen-bond acceptors (Lipinski definition) is 8. The zero-order valence-electron chi connectivity index (χ0n) is 25.1. The maximum atomic E-state index is 14.2. The van der Waals surface area contributed by atoms with Gasteiger partial charge in [0.2, 0.25) is 5.91 Å². The number of thioether (sulfide) groups is 1. The average molecular weight is 631 g/mol. The van der Waals surface area contributed by atoms with Crippen LogP contribution in [-0.2, 0) is 25.6 Å². The quantitative estimate of drug-likeness (QED) is 0.228. The molecule has 0 bridgehead atoms. The lowest BCUT2D eigenvalue weighted by atomic mass is 9.96. The van der Waals surface area contributed by atoms with Crippen LogP contribution in [0.15, 0.2) is 80.7 Å². The van der Waals surface area contributed by atoms with E-state index in [1.165, 1.54) is 11.3 Å². The van der Waals surface area contributed by atoms with Crippen molar-refractivity contribution >= 4 is 52.0 Å². The molecular weight excluding hydrogens is 597 g/mol. The van der Waals surface area contributed by atoms with Gasteiger partial charge in [-0.2, -0.15) is 0 Å². The van der Waals surface area contributed by atoms with Crippen molar-refractivity contribution in [3.63, 3.8) is 0 Å². The van der Waals surface area contributed by atoms with E-state index in [1.54, 1.807) is 37.1 Å². The van der Waals surface area contributed by atoms with Gasteiger partial charge in [-0.25, -0.2) is 9.79 Å². The summed E-state index contributed by atoms with van der Waals surface area (Å²) < 4.78 is 15.1. The Hall–Kier alpha value is -3.93. The predicted molar refractivity (Wildman–Crippen MR) is 173 cm³/mol. The van der Waals surface area contributed by atoms with E-state index in [1.807, 2.05) is 76.5 Å². The molecule has 0 unspecified atom stereocenters. The zero-order chi connectivity index (χ0) is 31.0. The Kier molecular flexibility index (Phi) is 8.61. The lowest BCUT2D eigenvalue weighted by molar-refractivity contribution is -0.143. The Balaban J connectivity index is 1.46. The first-order chi connectivity index (χ1) is 21.2. The number of para-hydroxylation sites is 1. The van der Waals surface area contributed by atoms with Crippen LogP contribution < -0.4 is 14.9 Å². The van der Waals surface area contributed by atoms with Crippen LogP contribution in [0.1, 0.15) is 37.9 Å². The number of benzene rings is 2. The lowest BCUT2D eigenvalue weighted by Gasteiger charge is -2.27. The summed E-state index contributed by atoms with van der Waals surface area (Å²) in [4.78, 5) is 48.8. The van der Waals surface area contributed by atoms with Gasteiger partial charge in [-0.3, -0.25) is 14.2 Å². The van der Waals surface area contributed by atoms with Gasteiger partial charge in [0.15, 0.2) is 4.80 Å². The molecule has 0 aliphatic carbocycles. The van der Waals surface area contributed by atoms with Gasteiger partial charge in [0.05, 0.1) is 41.2 Å². The number of esters is 1. The van der Waals surface area contributed by atoms with Crippen LogP contribution in [-0.4, -0.2) is 64.6 Å². The molecule has 4 aromatic rings. The van der Waals surface area contributed by atoms with Crippen LogP contribution in [0.2, 0.25) is 0 Å². The molecule has 1 saturated heterocycles. The second-order valence-corrected chi connectivity index (χ2v) is 12.9. The zero-order valence-corrected chi connectivity index (χ0v) is 26.7. The number of carbonyl (C=O) groups is 2. The van der Waals surface area contributed by atoms with E-state index >= 15 is 0 Å². The molecule has 2 aromatic carbocycles. The smallest absolute Gasteiger partial charge is 0.338 e. The van der Waals surface area contributed by atoms with Crippen molar-refractivity contribution in [3.05, 3.63) is 96.8 Å². The van der Waals surface area contributed by atoms with Crippen LogP contribution in [0.3, 0.4) is 0 Å². The first kappa shape index (κ1) is 30.1. The van der Waals surface area contributed by atoms with E-state index in [4.69, 9.17) is 14.5 Å². The molecule has 6 rings (SSSR count). The van der Waals surface area contributed by atoms with Gasteiger partial charge in [-0.15, -0.1) is 11.8 Å². The fourth-order valence-corrected chi connectivity index (χ4v) is 7.13. The number of rotatable bonds is 7. The molecule has 2 aliphatic rings. The maximum Gasteiger partial charge on any atom is 0.338 e. The van der Waals surface area contributed by atoms with Gasteiger partial charge in [0.1, 0.15) is 6.54 Å². The standard InChI is InChI=1S/C33H34N4O5S2/c1-20(2)42-32(40)29-21(3)34-33-37(30(29)22-9-11-24(43-4)12-10-22)31(39)27(44-33)17-23-18-36(26-8-6-5-7-25(23)26)19-28(38)35-13-15-41-16-14-35/h5-12,17-18,20,30H,13-16,19H2,1-4H3/b27-17-/t30-/m1/s1. The molecule has 0 saturated carbocycles. The summed E-state index contributed by atoms with van der Waals surface area (Å²) in [7, 11) is 0. The fraction of sp³-hybridized carbons (Fsp3) is 0.333. The number of nitrogens with zero attached hydrogens (tertiary/aromatic N) is 4. The number of carbonyl (C=O) groups excluding carboxylic acids is 2. The summed E-state index contributed by atoms with van der Waals surface area (Å²) in [6.45, 7) is 7.84. The molecule has 0 spiro atoms. The number of aromatic nitrogens is 2. The number of allylic oxidation sites excluding steroid dienone is 1. The highest BCUT2D eigenvalue weighted by atomic mass is 32.2. The van der Waals surface area contributed by atoms with Crippen LogP contribution in [0, 0.1) is 0 Å². The number of thiazole rings is 1. The number of fused-ring (bicyclic) bond motifs is 2. The van der Waals surface area contributed by atoms with Crippen molar-refractivity contribution in [2.24, 2.45) is 4.99 Å². The van der Waals surface area contributed by atoms with Crippen molar-refractivity contribution in [3.8, 4) is 0 Å². The van der Waals surface area contributed by atoms with E-state index in [0.717, 1.165) is 26.9 Å². The Morgan fingerprint density at radius 3 is 2.57 bits per heavy atom. The monoisotopic (exact) mass is 630 g/mol. The lowest BCUT2D eigenvalue weighted by Crippen LogP contribution is -2.42. The topological polar surface area (TPSA) is 95.1 Å². The highest BCUT2D eigenvalue weighted by Gasteiger charge is 2.34. The molecule has 44 heavy (non-hydrogen) atoms. The summed E-state index contributed by atoms with van der Waals surface area (Å²) in [5.74, 6) is -0.453. The third kappa shape index (κ3) is 5.79. The van der Waals surface area contributed by atoms with Gasteiger partial charge < -0.3 is 18.9 Å². The van der Waals surface area contributed by atoms with Crippen LogP contribution in [0.4, 0.5) is 0 Å². The Morgan fingerprint density at radius 2 is 1.86 bits per heavy atom. The van der Waals surface area contributed by atoms with Crippen molar-refractivity contribution in [2.45, 2.75) is 44.4 Å². The van der Waals surface area contributed by atoms with Crippen molar-refractivity contribution < 1.29 is 19.1 Å². The minimum absolute atomic E-state index is 0.0313. The number of ether oxygens (including phenoxy) is 2. The van der Waals surface area contributed by atoms with Gasteiger partial charge in [-0.05, 0) is 56.9 Å². The third-order valence-corrected chi connectivity index (χ3v) is 9.52. The minimum Gasteiger partial charge on any atom is -0.459 e. The Bertz CT molecular complexity index is 1950. The Labute approximate surface area is 263 Å². The number of amides is 1. The van der Waals surface area contributed by atoms with Crippen molar-refractivity contribution in [2.75, 3.05) is 32.6 Å². The minimum atomic E-state index is -0.678. The molecule has 1 amide bonds. The van der Waals surface area contributed by atoms with E-state index in [9.17, 15) is 14.4 Å². The van der Waals surface area contributed by atoms with Crippen LogP contribution in [0.5, 0.6) is 0 Å². The SMILES string of the molecule is CSc1ccc([C@@H]2C(C(=O)OC(C)C)=C(C)N=c3s/c(=C\c4cn(CC(=O)N5CCOCC5)c5ccccc45)c(=O)n32)cc1. The second kappa shape index (κ2) is 12.6. The third-order valence-electron chi connectivity index (χ3n) is 7.79. The predicted octanol–water partition coefficient (Wildman–Crippen LogP) is 3.72. The molecule has 0 N–H and O–H groups in total. The van der Waals surface area contributed by atoms with Crippen LogP contribution >= 0.6 is 23.1 Å². The van der Waals surface area contributed by atoms with Gasteiger partial charge >= 0.3 is 5.97 Å². The second-order valence-electron chi connectivity index (χ2n) is 11.0. The molecule has 1 atom stereocenters. The molecule has 228 valence electrons. The molecular formula is C33H34N4O5S2. The maximum absolute atomic E-state index is 14.2. The molecule has 11 heteroatoms. The first-order valence-electron chi connectivity index (χ1n) is 14.6. The largest absolute Gasteiger partial charge is 0.459 e. The van der Waals surface area contributed by atoms with Gasteiger partial charge in [0.25, 0.3) is 5.56 Å². The molecule has 2 aromatic heterocycles. The van der Waals surface area contributed by atoms with Gasteiger partial charge in [-0.1, -0.05) is 41.7 Å². The summed E-state index contributed by atoms with van der Waals surface area (Å²) >= 11 is 2.91. The van der Waals surface area contributed by atoms with Crippen molar-refractivity contribution in [1.82, 2.24) is 14.0 Å². The summed E-state index contributed by atoms with van der Waals surface area (Å²) in [5.41, 5.74) is 3.19. The van der Waals surface area contributed by atoms with E-state index in [0.29, 0.717) is 46.9 Å². The molecule has 4 heterocycles. The summed E-state index contributed by atoms with van der Waals surface area (Å²) in [5, 5.41) is 0.940. The van der Waals surface area contributed by atoms with Gasteiger partial charge in [0, 0.05) is 40.6 Å². The molecule has 0 radical (unpaired) electrons. The van der Waals surface area contributed by atoms with E-state index in [2.05, 4.69) is 0 Å². The fourth-order valence-electron chi connectivity index (χ4n) is 5.68. The van der Waals surface area contributed by atoms with Crippen LogP contribution in [0.25, 0.3) is 17.0 Å². The van der Waals surface area contributed by atoms with E-state index in [-0.39, 0.29) is 24.1 Å². The van der Waals surface area contributed by atoms with E-state index < -0.39 is 12.0 Å². The normalized spacial score (nSPS) is 17.2. The average Bonchev–Trinajstić information content (AvgIpc) is 3.52. The number of morpholine rings is 1. The molecule has 2 aliphatic heterocycles. The molecule has 1 fully saturated rings. The summed E-state index contributed by atoms with van der Waals surface area (Å²) in [6.07, 6.45) is 5.47. The highest BCUT2D eigenvalue weighted by molar-refractivity contribution is 7.98. The summed E-state index contributed by atoms with van der Waals surface area (Å²) in [6, 6.07) is 15.1. The Morgan fingerprint density at radius 1 is 1.14 bits per heavy atom. The van der Waals surface area contributed by atoms with Crippen molar-refractivity contribution in [1.29, 1.82) is 0 Å². The highest BCUT2D eigenvalue weighted by Crippen LogP contribution is 2.32. The first-order valence-corrected chi connectivity index (χ1v) is 16.6. The number of hydrogen-bond donors (Lipinski definition) is 0.